The van der Waals surface area contributed by atoms with Gasteiger partial charge in [-0.05, 0) is 48.6 Å². The molecule has 4 nitrogen and oxygen atoms in total. The summed E-state index contributed by atoms with van der Waals surface area (Å²) in [4.78, 5) is 2.95. The van der Waals surface area contributed by atoms with Gasteiger partial charge in [0.15, 0.2) is 0 Å². The third kappa shape index (κ3) is 5.40. The quantitative estimate of drug-likeness (QED) is 0.392. The number of methoxy groups -OCH3 is 1. The third-order valence-electron chi connectivity index (χ3n) is 4.90. The summed E-state index contributed by atoms with van der Waals surface area (Å²) in [5.74, 6) is 10.6. The van der Waals surface area contributed by atoms with Gasteiger partial charge in [0, 0.05) is 30.1 Å². The molecular weight excluding hydrogens is 435 g/mol. The minimum Gasteiger partial charge on any atom is -0.495 e. The zero-order valence-electron chi connectivity index (χ0n) is 18.5. The summed E-state index contributed by atoms with van der Waals surface area (Å²) in [5, 5.41) is 3.91. The summed E-state index contributed by atoms with van der Waals surface area (Å²) in [6.45, 7) is -0.837. The number of rotatable bonds is 6. The number of alkyl halides is 3. The molecule has 0 bridgehead atoms. The Hall–Kier alpha value is -3.05. The van der Waals surface area contributed by atoms with Gasteiger partial charge in [-0.2, -0.15) is 23.7 Å². The lowest BCUT2D eigenvalue weighted by molar-refractivity contribution is -0.140. The van der Waals surface area contributed by atoms with Crippen LogP contribution in [0.4, 0.5) is 24.5 Å². The Morgan fingerprint density at radius 3 is 2.56 bits per heavy atom. The molecule has 1 heterocycles. The molecule has 3 aromatic rings. The van der Waals surface area contributed by atoms with Crippen molar-refractivity contribution >= 4 is 38.6 Å². The van der Waals surface area contributed by atoms with Crippen molar-refractivity contribution in [1.82, 2.24) is 4.57 Å². The van der Waals surface area contributed by atoms with Crippen LogP contribution in [0.3, 0.4) is 0 Å². The molecule has 0 fully saturated rings. The summed E-state index contributed by atoms with van der Waals surface area (Å²) in [6.07, 6.45) is -2.33. The summed E-state index contributed by atoms with van der Waals surface area (Å²) in [6, 6.07) is 12.8. The molecule has 0 aliphatic rings. The van der Waals surface area contributed by atoms with E-state index in [1.165, 1.54) is 4.57 Å². The average Bonchev–Trinajstić information content (AvgIpc) is 3.06. The number of hydrogen-bond donors (Lipinski definition) is 1. The molecule has 1 atom stereocenters. The van der Waals surface area contributed by atoms with E-state index in [1.807, 2.05) is 49.5 Å². The van der Waals surface area contributed by atoms with Gasteiger partial charge in [-0.15, -0.1) is 0 Å². The molecule has 0 saturated carbocycles. The molecule has 0 aliphatic carbocycles. The molecule has 1 aromatic heterocycles. The normalized spacial score (nSPS) is 12.2. The largest absolute Gasteiger partial charge is 0.495 e. The van der Waals surface area contributed by atoms with Crippen LogP contribution in [0, 0.1) is 11.8 Å². The highest BCUT2D eigenvalue weighted by Gasteiger charge is 2.30. The Kier molecular flexibility index (Phi) is 7.09. The highest BCUT2D eigenvalue weighted by atomic mass is 32.2. The van der Waals surface area contributed by atoms with Gasteiger partial charge >= 0.3 is 6.18 Å². The van der Waals surface area contributed by atoms with E-state index in [-0.39, 0.29) is 17.0 Å². The van der Waals surface area contributed by atoms with Gasteiger partial charge in [-0.1, -0.05) is 17.9 Å². The Morgan fingerprint density at radius 2 is 1.94 bits per heavy atom. The van der Waals surface area contributed by atoms with Crippen LogP contribution in [-0.4, -0.2) is 50.6 Å². The summed E-state index contributed by atoms with van der Waals surface area (Å²) in [7, 11) is 5.17. The highest BCUT2D eigenvalue weighted by Crippen LogP contribution is 2.32. The van der Waals surface area contributed by atoms with Crippen molar-refractivity contribution in [1.29, 1.82) is 0 Å². The SMILES string of the molecule is C=S(C)c1ccc(NCC#Cc2cc3c(N(C)C)cccc3n2CC(F)(F)F)c(OC)c1. The Bertz CT molecular complexity index is 1200. The molecule has 3 rings (SSSR count). The zero-order chi connectivity index (χ0) is 23.5. The lowest BCUT2D eigenvalue weighted by atomic mass is 10.2. The van der Waals surface area contributed by atoms with Gasteiger partial charge in [-0.3, -0.25) is 0 Å². The number of fused-ring (bicyclic) bond motifs is 1. The van der Waals surface area contributed by atoms with Crippen molar-refractivity contribution in [3.05, 3.63) is 48.2 Å². The van der Waals surface area contributed by atoms with Crippen LogP contribution >= 0.6 is 10.5 Å². The van der Waals surface area contributed by atoms with Gasteiger partial charge in [0.1, 0.15) is 12.3 Å². The Balaban J connectivity index is 1.90. The second-order valence-electron chi connectivity index (χ2n) is 7.49. The number of ether oxygens (including phenoxy) is 1. The fourth-order valence-electron chi connectivity index (χ4n) is 3.42. The third-order valence-corrected chi connectivity index (χ3v) is 5.96. The van der Waals surface area contributed by atoms with Crippen LogP contribution in [0.2, 0.25) is 0 Å². The number of nitrogens with one attached hydrogen (secondary N) is 1. The fourth-order valence-corrected chi connectivity index (χ4v) is 4.03. The first-order valence-electron chi connectivity index (χ1n) is 9.83. The van der Waals surface area contributed by atoms with E-state index >= 15 is 0 Å². The van der Waals surface area contributed by atoms with Crippen LogP contribution < -0.4 is 15.0 Å². The summed E-state index contributed by atoms with van der Waals surface area (Å²) >= 11 is 0. The molecule has 1 N–H and O–H groups in total. The number of nitrogens with zero attached hydrogens (tertiary/aromatic N) is 2. The standard InChI is InChI=1S/C24H26F3N3OS/c1-29(2)21-9-6-10-22-19(21)14-17(30(22)16-24(25,26)27)8-7-13-28-20-12-11-18(32(4)5)15-23(20)31-3/h6,9-12,14-15,28H,4,13,16H2,1-3,5H3. The lowest BCUT2D eigenvalue weighted by Crippen LogP contribution is -2.18. The van der Waals surface area contributed by atoms with E-state index in [0.717, 1.165) is 21.7 Å². The first kappa shape index (κ1) is 23.6. The van der Waals surface area contributed by atoms with Crippen LogP contribution in [-0.2, 0) is 6.54 Å². The Labute approximate surface area is 188 Å². The molecule has 0 radical (unpaired) electrons. The first-order chi connectivity index (χ1) is 15.1. The number of anilines is 2. The van der Waals surface area contributed by atoms with E-state index in [2.05, 4.69) is 23.0 Å². The minimum absolute atomic E-state index is 0.140. The maximum absolute atomic E-state index is 13.3. The summed E-state index contributed by atoms with van der Waals surface area (Å²) in [5.41, 5.74) is 2.44. The molecule has 1 unspecified atom stereocenters. The summed E-state index contributed by atoms with van der Waals surface area (Å²) < 4.78 is 46.4. The van der Waals surface area contributed by atoms with Crippen LogP contribution in [0.1, 0.15) is 5.69 Å². The predicted molar refractivity (Wildman–Crippen MR) is 130 cm³/mol. The topological polar surface area (TPSA) is 29.4 Å². The van der Waals surface area contributed by atoms with Gasteiger partial charge < -0.3 is 19.5 Å². The highest BCUT2D eigenvalue weighted by molar-refractivity contribution is 8.13. The zero-order valence-corrected chi connectivity index (χ0v) is 19.3. The smallest absolute Gasteiger partial charge is 0.406 e. The van der Waals surface area contributed by atoms with Crippen molar-refractivity contribution < 1.29 is 17.9 Å². The van der Waals surface area contributed by atoms with E-state index < -0.39 is 12.7 Å². The number of aromatic nitrogens is 1. The second-order valence-corrected chi connectivity index (χ2v) is 9.24. The Morgan fingerprint density at radius 1 is 1.19 bits per heavy atom. The van der Waals surface area contributed by atoms with Gasteiger partial charge in [0.05, 0.1) is 30.6 Å². The molecule has 0 saturated heterocycles. The number of halogens is 3. The van der Waals surface area contributed by atoms with Gasteiger partial charge in [-0.25, -0.2) is 0 Å². The predicted octanol–water partition coefficient (Wildman–Crippen LogP) is 5.43. The molecule has 2 aromatic carbocycles. The molecule has 8 heteroatoms. The van der Waals surface area contributed by atoms with Crippen LogP contribution in [0.15, 0.2) is 47.4 Å². The molecule has 0 amide bonds. The monoisotopic (exact) mass is 461 g/mol. The van der Waals surface area contributed by atoms with Gasteiger partial charge in [0.25, 0.3) is 0 Å². The number of benzene rings is 2. The minimum atomic E-state index is -4.35. The van der Waals surface area contributed by atoms with E-state index in [0.29, 0.717) is 17.0 Å². The van der Waals surface area contributed by atoms with Crippen molar-refractivity contribution in [2.75, 3.05) is 44.2 Å². The number of hydrogen-bond acceptors (Lipinski definition) is 3. The molecule has 0 aliphatic heterocycles. The van der Waals surface area contributed by atoms with Gasteiger partial charge in [0.2, 0.25) is 0 Å². The van der Waals surface area contributed by atoms with Crippen LogP contribution in [0.5, 0.6) is 5.75 Å². The molecular formula is C24H26F3N3OS. The van der Waals surface area contributed by atoms with Crippen molar-refractivity contribution in [3.8, 4) is 17.6 Å². The average molecular weight is 462 g/mol. The molecule has 32 heavy (non-hydrogen) atoms. The lowest BCUT2D eigenvalue weighted by Gasteiger charge is -2.15. The maximum atomic E-state index is 13.3. The molecule has 170 valence electrons. The second kappa shape index (κ2) is 9.61. The van der Waals surface area contributed by atoms with E-state index in [4.69, 9.17) is 4.74 Å². The maximum Gasteiger partial charge on any atom is 0.406 e. The van der Waals surface area contributed by atoms with Crippen LogP contribution in [0.25, 0.3) is 10.9 Å². The fraction of sp³-hybridized carbons (Fsp3) is 0.292. The van der Waals surface area contributed by atoms with Crippen molar-refractivity contribution in [2.24, 2.45) is 0 Å². The van der Waals surface area contributed by atoms with Crippen molar-refractivity contribution in [2.45, 2.75) is 17.6 Å². The van der Waals surface area contributed by atoms with E-state index in [1.54, 1.807) is 25.3 Å². The first-order valence-corrected chi connectivity index (χ1v) is 11.6. The molecule has 0 spiro atoms. The van der Waals surface area contributed by atoms with E-state index in [9.17, 15) is 13.2 Å². The van der Waals surface area contributed by atoms with Crippen molar-refractivity contribution in [3.63, 3.8) is 0 Å².